The molecule has 0 heterocycles. The van der Waals surface area contributed by atoms with Crippen molar-refractivity contribution in [2.75, 3.05) is 13.7 Å². The van der Waals surface area contributed by atoms with E-state index in [1.165, 1.54) is 16.7 Å². The van der Waals surface area contributed by atoms with E-state index in [9.17, 15) is 5.11 Å². The lowest BCUT2D eigenvalue weighted by Crippen LogP contribution is -2.24. The lowest BCUT2D eigenvalue weighted by molar-refractivity contribution is 0.0575. The molecule has 1 aromatic rings. The minimum Gasteiger partial charge on any atom is -0.392 e. The van der Waals surface area contributed by atoms with Gasteiger partial charge in [0, 0.05) is 13.0 Å². The van der Waals surface area contributed by atoms with Gasteiger partial charge in [-0.3, -0.25) is 0 Å². The van der Waals surface area contributed by atoms with Crippen molar-refractivity contribution in [3.05, 3.63) is 34.9 Å². The maximum Gasteiger partial charge on any atom is 0.0628 e. The number of aliphatic hydroxyl groups is 1. The maximum atomic E-state index is 9.98. The van der Waals surface area contributed by atoms with Crippen LogP contribution in [0.2, 0.25) is 0 Å². The average molecular weight is 222 g/mol. The van der Waals surface area contributed by atoms with Crippen molar-refractivity contribution in [2.24, 2.45) is 5.92 Å². The van der Waals surface area contributed by atoms with Gasteiger partial charge in [0.05, 0.1) is 12.7 Å². The van der Waals surface area contributed by atoms with Crippen molar-refractivity contribution in [3.63, 3.8) is 0 Å². The molecule has 0 radical (unpaired) electrons. The SMILES string of the molecule is COCC(C)C(O)Cc1ccc(C)c(C)c1. The Hall–Kier alpha value is -0.860. The molecule has 2 unspecified atom stereocenters. The van der Waals surface area contributed by atoms with Gasteiger partial charge in [-0.05, 0) is 37.0 Å². The molecule has 0 aliphatic rings. The van der Waals surface area contributed by atoms with Crippen molar-refractivity contribution >= 4 is 0 Å². The van der Waals surface area contributed by atoms with Crippen LogP contribution in [0, 0.1) is 19.8 Å². The van der Waals surface area contributed by atoms with E-state index < -0.39 is 0 Å². The second kappa shape index (κ2) is 6.02. The number of benzene rings is 1. The highest BCUT2D eigenvalue weighted by Crippen LogP contribution is 2.14. The molecular formula is C14H22O2. The van der Waals surface area contributed by atoms with E-state index in [-0.39, 0.29) is 12.0 Å². The predicted octanol–water partition coefficient (Wildman–Crippen LogP) is 2.49. The number of hydrogen-bond acceptors (Lipinski definition) is 2. The Morgan fingerprint density at radius 3 is 2.50 bits per heavy atom. The zero-order valence-corrected chi connectivity index (χ0v) is 10.7. The third-order valence-electron chi connectivity index (χ3n) is 3.10. The van der Waals surface area contributed by atoms with Gasteiger partial charge in [-0.15, -0.1) is 0 Å². The first kappa shape index (κ1) is 13.2. The van der Waals surface area contributed by atoms with Crippen molar-refractivity contribution in [1.29, 1.82) is 0 Å². The molecule has 0 fully saturated rings. The lowest BCUT2D eigenvalue weighted by atomic mass is 9.96. The molecule has 16 heavy (non-hydrogen) atoms. The van der Waals surface area contributed by atoms with E-state index in [0.29, 0.717) is 13.0 Å². The van der Waals surface area contributed by atoms with Crippen LogP contribution in [0.1, 0.15) is 23.6 Å². The summed E-state index contributed by atoms with van der Waals surface area (Å²) in [6.45, 7) is 6.81. The zero-order chi connectivity index (χ0) is 12.1. The van der Waals surface area contributed by atoms with Gasteiger partial charge in [0.25, 0.3) is 0 Å². The largest absolute Gasteiger partial charge is 0.392 e. The van der Waals surface area contributed by atoms with Gasteiger partial charge in [-0.2, -0.15) is 0 Å². The molecule has 1 rings (SSSR count). The molecule has 0 amide bonds. The van der Waals surface area contributed by atoms with Crippen LogP contribution in [-0.2, 0) is 11.2 Å². The molecule has 0 saturated heterocycles. The van der Waals surface area contributed by atoms with Crippen LogP contribution in [0.4, 0.5) is 0 Å². The van der Waals surface area contributed by atoms with Crippen LogP contribution in [0.3, 0.4) is 0 Å². The molecule has 0 aliphatic carbocycles. The zero-order valence-electron chi connectivity index (χ0n) is 10.7. The van der Waals surface area contributed by atoms with Crippen molar-refractivity contribution in [1.82, 2.24) is 0 Å². The Kier molecular flexibility index (Phi) is 4.97. The van der Waals surface area contributed by atoms with Gasteiger partial charge in [-0.1, -0.05) is 25.1 Å². The van der Waals surface area contributed by atoms with Crippen LogP contribution in [0.5, 0.6) is 0 Å². The molecule has 0 aliphatic heterocycles. The minimum absolute atomic E-state index is 0.173. The molecule has 1 N–H and O–H groups in total. The summed E-state index contributed by atoms with van der Waals surface area (Å²) in [6.07, 6.45) is 0.369. The first-order valence-electron chi connectivity index (χ1n) is 5.77. The molecule has 0 saturated carbocycles. The Balaban J connectivity index is 2.62. The third kappa shape index (κ3) is 3.62. The molecule has 0 spiro atoms. The summed E-state index contributed by atoms with van der Waals surface area (Å²) in [5.74, 6) is 0.173. The smallest absolute Gasteiger partial charge is 0.0628 e. The number of aryl methyl sites for hydroxylation is 2. The Bertz CT molecular complexity index is 334. The second-order valence-electron chi connectivity index (χ2n) is 4.62. The summed E-state index contributed by atoms with van der Waals surface area (Å²) in [6, 6.07) is 6.35. The topological polar surface area (TPSA) is 29.5 Å². The normalized spacial score (nSPS) is 14.8. The summed E-state index contributed by atoms with van der Waals surface area (Å²) in [5.41, 5.74) is 3.77. The molecule has 1 aromatic carbocycles. The van der Waals surface area contributed by atoms with Gasteiger partial charge in [0.15, 0.2) is 0 Å². The average Bonchev–Trinajstić information content (AvgIpc) is 2.24. The van der Waals surface area contributed by atoms with Crippen LogP contribution in [0.15, 0.2) is 18.2 Å². The second-order valence-corrected chi connectivity index (χ2v) is 4.62. The first-order chi connectivity index (χ1) is 7.54. The van der Waals surface area contributed by atoms with Gasteiger partial charge < -0.3 is 9.84 Å². The molecular weight excluding hydrogens is 200 g/mol. The summed E-state index contributed by atoms with van der Waals surface area (Å²) in [4.78, 5) is 0. The highest BCUT2D eigenvalue weighted by Gasteiger charge is 2.14. The summed E-state index contributed by atoms with van der Waals surface area (Å²) in [7, 11) is 1.67. The van der Waals surface area contributed by atoms with Gasteiger partial charge >= 0.3 is 0 Å². The molecule has 2 heteroatoms. The molecule has 0 bridgehead atoms. The van der Waals surface area contributed by atoms with Crippen LogP contribution in [-0.4, -0.2) is 24.9 Å². The van der Waals surface area contributed by atoms with E-state index in [4.69, 9.17) is 4.74 Å². The van der Waals surface area contributed by atoms with Crippen molar-refractivity contribution < 1.29 is 9.84 Å². The fourth-order valence-electron chi connectivity index (χ4n) is 1.75. The molecule has 2 atom stereocenters. The lowest BCUT2D eigenvalue weighted by Gasteiger charge is -2.18. The molecule has 90 valence electrons. The first-order valence-corrected chi connectivity index (χ1v) is 5.77. The fraction of sp³-hybridized carbons (Fsp3) is 0.571. The Morgan fingerprint density at radius 2 is 1.94 bits per heavy atom. The summed E-state index contributed by atoms with van der Waals surface area (Å²) >= 11 is 0. The number of methoxy groups -OCH3 is 1. The van der Waals surface area contributed by atoms with Crippen LogP contribution < -0.4 is 0 Å². The van der Waals surface area contributed by atoms with E-state index in [0.717, 1.165) is 0 Å². The van der Waals surface area contributed by atoms with E-state index in [2.05, 4.69) is 32.0 Å². The fourth-order valence-corrected chi connectivity index (χ4v) is 1.75. The number of aliphatic hydroxyl groups excluding tert-OH is 1. The molecule has 0 aromatic heterocycles. The number of rotatable bonds is 5. The summed E-state index contributed by atoms with van der Waals surface area (Å²) < 4.78 is 5.05. The third-order valence-corrected chi connectivity index (χ3v) is 3.10. The maximum absolute atomic E-state index is 9.98. The monoisotopic (exact) mass is 222 g/mol. The number of hydrogen-bond donors (Lipinski definition) is 1. The highest BCUT2D eigenvalue weighted by molar-refractivity contribution is 5.30. The van der Waals surface area contributed by atoms with Crippen LogP contribution >= 0.6 is 0 Å². The van der Waals surface area contributed by atoms with Gasteiger partial charge in [-0.25, -0.2) is 0 Å². The quantitative estimate of drug-likeness (QED) is 0.829. The van der Waals surface area contributed by atoms with Crippen molar-refractivity contribution in [2.45, 2.75) is 33.3 Å². The van der Waals surface area contributed by atoms with Gasteiger partial charge in [0.2, 0.25) is 0 Å². The van der Waals surface area contributed by atoms with E-state index in [1.54, 1.807) is 7.11 Å². The van der Waals surface area contributed by atoms with Crippen molar-refractivity contribution in [3.8, 4) is 0 Å². The van der Waals surface area contributed by atoms with Gasteiger partial charge in [0.1, 0.15) is 0 Å². The van der Waals surface area contributed by atoms with E-state index in [1.807, 2.05) is 6.92 Å². The predicted molar refractivity (Wildman–Crippen MR) is 66.7 cm³/mol. The standard InChI is InChI=1S/C14H22O2/c1-10-5-6-13(7-11(10)2)8-14(15)12(3)9-16-4/h5-7,12,14-15H,8-9H2,1-4H3. The number of ether oxygens (including phenoxy) is 1. The Morgan fingerprint density at radius 1 is 1.25 bits per heavy atom. The van der Waals surface area contributed by atoms with Crippen LogP contribution in [0.25, 0.3) is 0 Å². The minimum atomic E-state index is -0.331. The Labute approximate surface area is 98.3 Å². The highest BCUT2D eigenvalue weighted by atomic mass is 16.5. The van der Waals surface area contributed by atoms with E-state index >= 15 is 0 Å². The molecule has 2 nitrogen and oxygen atoms in total. The summed E-state index contributed by atoms with van der Waals surface area (Å²) in [5, 5.41) is 9.98.